The van der Waals surface area contributed by atoms with Crippen molar-refractivity contribution < 1.29 is 0 Å². The molecule has 0 unspecified atom stereocenters. The van der Waals surface area contributed by atoms with Crippen molar-refractivity contribution in [2.45, 2.75) is 39.2 Å². The summed E-state index contributed by atoms with van der Waals surface area (Å²) in [5.41, 5.74) is 8.34. The van der Waals surface area contributed by atoms with E-state index in [-0.39, 0.29) is 0 Å². The van der Waals surface area contributed by atoms with E-state index in [1.807, 2.05) is 0 Å². The molecular formula is C15H26N2. The Morgan fingerprint density at radius 2 is 1.71 bits per heavy atom. The van der Waals surface area contributed by atoms with Crippen LogP contribution in [0.3, 0.4) is 0 Å². The van der Waals surface area contributed by atoms with Crippen molar-refractivity contribution in [1.82, 2.24) is 4.90 Å². The molecule has 2 heteroatoms. The minimum atomic E-state index is 0.805. The fourth-order valence-corrected chi connectivity index (χ4v) is 2.02. The van der Waals surface area contributed by atoms with Crippen LogP contribution in [0.25, 0.3) is 0 Å². The second kappa shape index (κ2) is 8.26. The molecular weight excluding hydrogens is 208 g/mol. The third-order valence-electron chi connectivity index (χ3n) is 3.01. The van der Waals surface area contributed by atoms with Gasteiger partial charge in [0.15, 0.2) is 0 Å². The van der Waals surface area contributed by atoms with Crippen LogP contribution >= 0.6 is 0 Å². The lowest BCUT2D eigenvalue weighted by molar-refractivity contribution is 0.319. The first kappa shape index (κ1) is 14.2. The molecule has 0 saturated carbocycles. The Bertz CT molecular complexity index is 292. The molecule has 0 bridgehead atoms. The van der Waals surface area contributed by atoms with Crippen molar-refractivity contribution in [3.8, 4) is 0 Å². The number of hydrogen-bond acceptors (Lipinski definition) is 2. The molecule has 1 rings (SSSR count). The van der Waals surface area contributed by atoms with Gasteiger partial charge in [0, 0.05) is 6.54 Å². The van der Waals surface area contributed by atoms with Crippen molar-refractivity contribution in [1.29, 1.82) is 0 Å². The maximum Gasteiger partial charge on any atom is 0.0230 e. The summed E-state index contributed by atoms with van der Waals surface area (Å²) in [6.07, 6.45) is 4.73. The van der Waals surface area contributed by atoms with Gasteiger partial charge in [-0.25, -0.2) is 0 Å². The Kier molecular flexibility index (Phi) is 6.90. The average molecular weight is 234 g/mol. The zero-order valence-corrected chi connectivity index (χ0v) is 11.3. The molecule has 0 atom stereocenters. The smallest absolute Gasteiger partial charge is 0.0230 e. The molecule has 0 saturated heterocycles. The fourth-order valence-electron chi connectivity index (χ4n) is 2.02. The van der Waals surface area contributed by atoms with Crippen molar-refractivity contribution in [3.05, 3.63) is 35.4 Å². The summed E-state index contributed by atoms with van der Waals surface area (Å²) in [5.74, 6) is 0. The standard InChI is InChI=1S/C15H26N2/c1-3-6-14-7-9-15(10-8-14)13-17(2)12-5-4-11-16/h7-10H,3-6,11-13,16H2,1-2H3. The molecule has 0 aliphatic carbocycles. The Hall–Kier alpha value is -0.860. The van der Waals surface area contributed by atoms with E-state index in [9.17, 15) is 0 Å². The van der Waals surface area contributed by atoms with Crippen LogP contribution in [-0.2, 0) is 13.0 Å². The summed E-state index contributed by atoms with van der Waals surface area (Å²) in [7, 11) is 2.18. The van der Waals surface area contributed by atoms with E-state index in [0.29, 0.717) is 0 Å². The molecule has 0 aliphatic rings. The van der Waals surface area contributed by atoms with Crippen LogP contribution in [0.15, 0.2) is 24.3 Å². The SMILES string of the molecule is CCCc1ccc(CN(C)CCCCN)cc1. The highest BCUT2D eigenvalue weighted by Gasteiger charge is 2.00. The molecule has 2 N–H and O–H groups in total. The maximum atomic E-state index is 5.49. The number of rotatable bonds is 8. The zero-order chi connectivity index (χ0) is 12.5. The highest BCUT2D eigenvalue weighted by molar-refractivity contribution is 5.22. The lowest BCUT2D eigenvalue weighted by Crippen LogP contribution is -2.19. The highest BCUT2D eigenvalue weighted by atomic mass is 15.1. The van der Waals surface area contributed by atoms with E-state index >= 15 is 0 Å². The maximum absolute atomic E-state index is 5.49. The summed E-state index contributed by atoms with van der Waals surface area (Å²) in [6.45, 7) is 5.20. The van der Waals surface area contributed by atoms with Crippen LogP contribution in [0.1, 0.15) is 37.3 Å². The molecule has 0 fully saturated rings. The monoisotopic (exact) mass is 234 g/mol. The van der Waals surface area contributed by atoms with E-state index in [1.54, 1.807) is 0 Å². The molecule has 17 heavy (non-hydrogen) atoms. The first-order valence-corrected chi connectivity index (χ1v) is 6.72. The van der Waals surface area contributed by atoms with Crippen molar-refractivity contribution in [2.24, 2.45) is 5.73 Å². The van der Waals surface area contributed by atoms with Gasteiger partial charge in [-0.2, -0.15) is 0 Å². The lowest BCUT2D eigenvalue weighted by Gasteiger charge is -2.16. The molecule has 0 spiro atoms. The van der Waals surface area contributed by atoms with Crippen LogP contribution in [0.5, 0.6) is 0 Å². The molecule has 2 nitrogen and oxygen atoms in total. The van der Waals surface area contributed by atoms with Crippen LogP contribution in [-0.4, -0.2) is 25.0 Å². The number of hydrogen-bond donors (Lipinski definition) is 1. The van der Waals surface area contributed by atoms with E-state index in [4.69, 9.17) is 5.73 Å². The van der Waals surface area contributed by atoms with E-state index in [0.717, 1.165) is 26.1 Å². The number of unbranched alkanes of at least 4 members (excludes halogenated alkanes) is 1. The number of benzene rings is 1. The largest absolute Gasteiger partial charge is 0.330 e. The quantitative estimate of drug-likeness (QED) is 0.701. The molecule has 0 aromatic heterocycles. The van der Waals surface area contributed by atoms with Crippen LogP contribution < -0.4 is 5.73 Å². The molecule has 0 radical (unpaired) electrons. The summed E-state index contributed by atoms with van der Waals surface area (Å²) < 4.78 is 0. The van der Waals surface area contributed by atoms with Gasteiger partial charge in [0.2, 0.25) is 0 Å². The second-order valence-corrected chi connectivity index (χ2v) is 4.80. The minimum Gasteiger partial charge on any atom is -0.330 e. The van der Waals surface area contributed by atoms with Gasteiger partial charge >= 0.3 is 0 Å². The van der Waals surface area contributed by atoms with Gasteiger partial charge in [0.25, 0.3) is 0 Å². The predicted octanol–water partition coefficient (Wildman–Crippen LogP) is 2.81. The van der Waals surface area contributed by atoms with Crippen molar-refractivity contribution in [3.63, 3.8) is 0 Å². The van der Waals surface area contributed by atoms with Crippen molar-refractivity contribution in [2.75, 3.05) is 20.1 Å². The second-order valence-electron chi connectivity index (χ2n) is 4.80. The summed E-state index contributed by atoms with van der Waals surface area (Å²) in [4.78, 5) is 2.37. The Morgan fingerprint density at radius 1 is 1.06 bits per heavy atom. The zero-order valence-electron chi connectivity index (χ0n) is 11.3. The third kappa shape index (κ3) is 5.85. The molecule has 0 aliphatic heterocycles. The average Bonchev–Trinajstić information content (AvgIpc) is 2.32. The van der Waals surface area contributed by atoms with Gasteiger partial charge in [-0.3, -0.25) is 0 Å². The Labute approximate surface area is 106 Å². The van der Waals surface area contributed by atoms with Gasteiger partial charge in [-0.1, -0.05) is 37.6 Å². The summed E-state index contributed by atoms with van der Waals surface area (Å²) in [6, 6.07) is 9.02. The number of nitrogens with zero attached hydrogens (tertiary/aromatic N) is 1. The third-order valence-corrected chi connectivity index (χ3v) is 3.01. The van der Waals surface area contributed by atoms with Gasteiger partial charge in [-0.05, 0) is 50.5 Å². The normalized spacial score (nSPS) is 11.1. The number of aryl methyl sites for hydroxylation is 1. The first-order chi connectivity index (χ1) is 8.26. The van der Waals surface area contributed by atoms with Gasteiger partial charge in [0.1, 0.15) is 0 Å². The summed E-state index contributed by atoms with van der Waals surface area (Å²) >= 11 is 0. The van der Waals surface area contributed by atoms with Crippen molar-refractivity contribution >= 4 is 0 Å². The summed E-state index contributed by atoms with van der Waals surface area (Å²) in [5, 5.41) is 0. The van der Waals surface area contributed by atoms with E-state index in [1.165, 1.54) is 30.4 Å². The minimum absolute atomic E-state index is 0.805. The lowest BCUT2D eigenvalue weighted by atomic mass is 10.1. The fraction of sp³-hybridized carbons (Fsp3) is 0.600. The van der Waals surface area contributed by atoms with Gasteiger partial charge in [-0.15, -0.1) is 0 Å². The van der Waals surface area contributed by atoms with Crippen LogP contribution in [0.4, 0.5) is 0 Å². The Balaban J connectivity index is 2.34. The molecule has 0 heterocycles. The molecule has 96 valence electrons. The van der Waals surface area contributed by atoms with Crippen LogP contribution in [0, 0.1) is 0 Å². The Morgan fingerprint density at radius 3 is 2.29 bits per heavy atom. The van der Waals surface area contributed by atoms with Crippen LogP contribution in [0.2, 0.25) is 0 Å². The van der Waals surface area contributed by atoms with E-state index < -0.39 is 0 Å². The highest BCUT2D eigenvalue weighted by Crippen LogP contribution is 2.08. The molecule has 1 aromatic rings. The molecule has 1 aromatic carbocycles. The number of nitrogens with two attached hydrogens (primary N) is 1. The topological polar surface area (TPSA) is 29.3 Å². The van der Waals surface area contributed by atoms with E-state index in [2.05, 4.69) is 43.1 Å². The van der Waals surface area contributed by atoms with Gasteiger partial charge < -0.3 is 10.6 Å². The molecule has 0 amide bonds. The van der Waals surface area contributed by atoms with Gasteiger partial charge in [0.05, 0.1) is 0 Å². The predicted molar refractivity (Wildman–Crippen MR) is 75.1 cm³/mol. The first-order valence-electron chi connectivity index (χ1n) is 6.72.